The van der Waals surface area contributed by atoms with Crippen LogP contribution in [-0.4, -0.2) is 47.4 Å². The van der Waals surface area contributed by atoms with Crippen molar-refractivity contribution in [3.63, 3.8) is 0 Å². The molecule has 522 valence electrons. The summed E-state index contributed by atoms with van der Waals surface area (Å²) in [7, 11) is 0. The zero-order valence-electron chi connectivity index (χ0n) is 60.0. The summed E-state index contributed by atoms with van der Waals surface area (Å²) in [4.78, 5) is 24.7. The Kier molecular flexibility index (Phi) is 76.3. The van der Waals surface area contributed by atoms with E-state index in [9.17, 15) is 19.8 Å². The first kappa shape index (κ1) is 86.3. The molecule has 0 aromatic heterocycles. The summed E-state index contributed by atoms with van der Waals surface area (Å²) in [6.45, 7) is 4.96. The van der Waals surface area contributed by atoms with E-state index in [2.05, 4.69) is 31.3 Å². The van der Waals surface area contributed by atoms with Crippen molar-refractivity contribution in [3.8, 4) is 0 Å². The fourth-order valence-corrected chi connectivity index (χ4v) is 13.0. The van der Waals surface area contributed by atoms with Crippen LogP contribution in [0.15, 0.2) is 24.3 Å². The zero-order valence-corrected chi connectivity index (χ0v) is 60.0. The van der Waals surface area contributed by atoms with Crippen molar-refractivity contribution in [3.05, 3.63) is 24.3 Å². The van der Waals surface area contributed by atoms with Gasteiger partial charge in [0, 0.05) is 12.8 Å². The minimum Gasteiger partial charge on any atom is -0.466 e. The number of carbonyl (C=O) groups excluding carboxylic acids is 2. The fourth-order valence-electron chi connectivity index (χ4n) is 13.0. The number of aliphatic hydroxyl groups is 2. The number of allylic oxidation sites excluding steroid dienone is 3. The molecule has 0 aromatic carbocycles. The van der Waals surface area contributed by atoms with Gasteiger partial charge in [-0.25, -0.2) is 0 Å². The Morgan fingerprint density at radius 1 is 0.307 bits per heavy atom. The predicted molar refractivity (Wildman–Crippen MR) is 389 cm³/mol. The lowest BCUT2D eigenvalue weighted by molar-refractivity contribution is -0.143. The number of rotatable bonds is 77. The summed E-state index contributed by atoms with van der Waals surface area (Å²) in [5, 5.41) is 23.3. The van der Waals surface area contributed by atoms with Crippen LogP contribution in [0.2, 0.25) is 0 Å². The number of hydrogen-bond donors (Lipinski definition) is 3. The van der Waals surface area contributed by atoms with Crippen molar-refractivity contribution in [1.82, 2.24) is 5.32 Å². The number of nitrogens with one attached hydrogen (secondary N) is 1. The summed E-state index contributed by atoms with van der Waals surface area (Å²) in [6.07, 6.45) is 100. The van der Waals surface area contributed by atoms with Crippen molar-refractivity contribution in [1.29, 1.82) is 0 Å². The van der Waals surface area contributed by atoms with Crippen LogP contribution >= 0.6 is 0 Å². The van der Waals surface area contributed by atoms with Gasteiger partial charge in [-0.15, -0.1) is 0 Å². The van der Waals surface area contributed by atoms with Gasteiger partial charge in [0.1, 0.15) is 0 Å². The third-order valence-corrected chi connectivity index (χ3v) is 19.2. The molecule has 0 saturated carbocycles. The molecule has 0 radical (unpaired) electrons. The minimum absolute atomic E-state index is 0.0216. The van der Waals surface area contributed by atoms with Crippen molar-refractivity contribution in [2.24, 2.45) is 0 Å². The average molecular weight is 1240 g/mol. The second kappa shape index (κ2) is 77.8. The van der Waals surface area contributed by atoms with Gasteiger partial charge < -0.3 is 20.3 Å². The fraction of sp³-hybridized carbons (Fsp3) is 0.927. The normalized spacial score (nSPS) is 12.5. The Morgan fingerprint density at radius 2 is 0.534 bits per heavy atom. The summed E-state index contributed by atoms with van der Waals surface area (Å²) in [5.74, 6) is -0.0370. The van der Waals surface area contributed by atoms with Crippen molar-refractivity contribution < 1.29 is 24.5 Å². The molecular weight excluding hydrogens is 1080 g/mol. The molecule has 88 heavy (non-hydrogen) atoms. The second-order valence-corrected chi connectivity index (χ2v) is 28.1. The molecule has 6 nitrogen and oxygen atoms in total. The van der Waals surface area contributed by atoms with Gasteiger partial charge in [-0.2, -0.15) is 0 Å². The van der Waals surface area contributed by atoms with Crippen molar-refractivity contribution >= 4 is 11.9 Å². The van der Waals surface area contributed by atoms with Crippen LogP contribution < -0.4 is 5.32 Å². The van der Waals surface area contributed by atoms with Gasteiger partial charge in [0.15, 0.2) is 0 Å². The van der Waals surface area contributed by atoms with E-state index in [0.29, 0.717) is 19.4 Å². The molecule has 0 fully saturated rings. The molecular formula is C82H159NO5. The second-order valence-electron chi connectivity index (χ2n) is 28.1. The quantitative estimate of drug-likeness (QED) is 0.0320. The van der Waals surface area contributed by atoms with E-state index in [4.69, 9.17) is 4.74 Å². The van der Waals surface area contributed by atoms with Gasteiger partial charge in [-0.05, 0) is 57.8 Å². The molecule has 6 heteroatoms. The monoisotopic (exact) mass is 1240 g/mol. The number of esters is 1. The van der Waals surface area contributed by atoms with Crippen molar-refractivity contribution in [2.75, 3.05) is 13.2 Å². The number of unbranched alkanes of at least 4 members (excludes halogenated alkanes) is 64. The zero-order chi connectivity index (χ0) is 63.5. The van der Waals surface area contributed by atoms with Crippen LogP contribution in [0.3, 0.4) is 0 Å². The highest BCUT2D eigenvalue weighted by Crippen LogP contribution is 2.20. The molecule has 3 N–H and O–H groups in total. The number of aliphatic hydroxyl groups excluding tert-OH is 2. The van der Waals surface area contributed by atoms with Gasteiger partial charge in [0.05, 0.1) is 25.4 Å². The standard InChI is InChI=1S/C82H159NO5/c1-3-5-7-9-11-13-15-17-19-21-23-39-42-46-50-54-58-62-66-70-74-80(85)79(78-84)83-81(86)75-71-67-63-59-55-51-47-43-40-36-34-32-30-28-26-24-25-27-29-31-33-35-37-41-45-49-53-57-61-65-69-73-77-88-82(87)76-72-68-64-60-56-52-48-44-38-22-20-18-16-14-12-10-8-6-4-2/h18,20,70,74,79-80,84-85H,3-17,19,21-69,71-73,75-78H2,1-2H3,(H,83,86)/b20-18-,74-70+. The van der Waals surface area contributed by atoms with Crippen LogP contribution in [0, 0.1) is 0 Å². The van der Waals surface area contributed by atoms with Gasteiger partial charge in [0.25, 0.3) is 0 Å². The first-order valence-electron chi connectivity index (χ1n) is 40.6. The molecule has 0 heterocycles. The number of ether oxygens (including phenoxy) is 1. The maximum absolute atomic E-state index is 12.5. The highest BCUT2D eigenvalue weighted by atomic mass is 16.5. The van der Waals surface area contributed by atoms with E-state index in [1.165, 1.54) is 398 Å². The van der Waals surface area contributed by atoms with E-state index in [0.717, 1.165) is 38.5 Å². The van der Waals surface area contributed by atoms with Crippen molar-refractivity contribution in [2.45, 2.75) is 475 Å². The summed E-state index contributed by atoms with van der Waals surface area (Å²) in [5.41, 5.74) is 0. The van der Waals surface area contributed by atoms with Gasteiger partial charge in [-0.3, -0.25) is 9.59 Å². The molecule has 0 saturated heterocycles. The minimum atomic E-state index is -0.842. The largest absolute Gasteiger partial charge is 0.466 e. The Morgan fingerprint density at radius 3 is 0.807 bits per heavy atom. The van der Waals surface area contributed by atoms with E-state index in [1.54, 1.807) is 6.08 Å². The number of amides is 1. The van der Waals surface area contributed by atoms with E-state index in [1.807, 2.05) is 6.08 Å². The van der Waals surface area contributed by atoms with Gasteiger partial charge in [-0.1, -0.05) is 417 Å². The van der Waals surface area contributed by atoms with Crippen LogP contribution in [0.25, 0.3) is 0 Å². The molecule has 0 aliphatic carbocycles. The first-order valence-corrected chi connectivity index (χ1v) is 40.6. The van der Waals surface area contributed by atoms with Gasteiger partial charge >= 0.3 is 5.97 Å². The first-order chi connectivity index (χ1) is 43.5. The molecule has 0 spiro atoms. The lowest BCUT2D eigenvalue weighted by Gasteiger charge is -2.20. The lowest BCUT2D eigenvalue weighted by Crippen LogP contribution is -2.45. The Balaban J connectivity index is 3.33. The summed E-state index contributed by atoms with van der Waals surface area (Å²) < 4.78 is 5.52. The summed E-state index contributed by atoms with van der Waals surface area (Å²) >= 11 is 0. The summed E-state index contributed by atoms with van der Waals surface area (Å²) in [6, 6.07) is -0.625. The van der Waals surface area contributed by atoms with E-state index >= 15 is 0 Å². The molecule has 2 unspecified atom stereocenters. The highest BCUT2D eigenvalue weighted by molar-refractivity contribution is 5.76. The molecule has 0 aliphatic heterocycles. The van der Waals surface area contributed by atoms with Crippen LogP contribution in [-0.2, 0) is 14.3 Å². The SMILES string of the molecule is CCCCCCCC/C=C\CCCCCCCCCCCC(=O)OCCCCCCCCCCCCCCCCCCCCCCCCCCCCCCCCCCC(=O)NC(CO)C(O)/C=C/CCCCCCCCCCCCCCCCCCCC. The molecule has 0 rings (SSSR count). The molecule has 0 bridgehead atoms. The average Bonchev–Trinajstić information content (AvgIpc) is 3.58. The lowest BCUT2D eigenvalue weighted by atomic mass is 10.0. The Hall–Kier alpha value is -1.66. The maximum atomic E-state index is 12.5. The number of hydrogen-bond acceptors (Lipinski definition) is 5. The van der Waals surface area contributed by atoms with Crippen LogP contribution in [0.1, 0.15) is 463 Å². The van der Waals surface area contributed by atoms with Crippen LogP contribution in [0.4, 0.5) is 0 Å². The highest BCUT2D eigenvalue weighted by Gasteiger charge is 2.18. The third-order valence-electron chi connectivity index (χ3n) is 19.2. The number of carbonyl (C=O) groups is 2. The van der Waals surface area contributed by atoms with E-state index < -0.39 is 12.1 Å². The Bertz CT molecular complexity index is 1380. The topological polar surface area (TPSA) is 95.9 Å². The molecule has 1 amide bonds. The molecule has 0 aliphatic rings. The van der Waals surface area contributed by atoms with Crippen LogP contribution in [0.5, 0.6) is 0 Å². The van der Waals surface area contributed by atoms with Gasteiger partial charge in [0.2, 0.25) is 5.91 Å². The third kappa shape index (κ3) is 73.4. The molecule has 2 atom stereocenters. The predicted octanol–water partition coefficient (Wildman–Crippen LogP) is 26.8. The smallest absolute Gasteiger partial charge is 0.305 e. The Labute approximate surface area is 551 Å². The molecule has 0 aromatic rings. The maximum Gasteiger partial charge on any atom is 0.305 e. The van der Waals surface area contributed by atoms with E-state index in [-0.39, 0.29) is 18.5 Å².